The van der Waals surface area contributed by atoms with Gasteiger partial charge in [0.1, 0.15) is 5.82 Å². The zero-order chi connectivity index (χ0) is 15.8. The third kappa shape index (κ3) is 5.50. The Hall–Kier alpha value is -1.85. The molecule has 0 aliphatic carbocycles. The summed E-state index contributed by atoms with van der Waals surface area (Å²) in [5.74, 6) is 1.43. The molecule has 1 aromatic carbocycles. The summed E-state index contributed by atoms with van der Waals surface area (Å²) in [6, 6.07) is 9.77. The fraction of sp³-hybridized carbons (Fsp3) is 0.375. The zero-order valence-corrected chi connectivity index (χ0v) is 13.7. The maximum Gasteiger partial charge on any atom is 0.224 e. The normalized spacial score (nSPS) is 10.5. The van der Waals surface area contributed by atoms with Gasteiger partial charge in [-0.2, -0.15) is 4.98 Å². The lowest BCUT2D eigenvalue weighted by Crippen LogP contribution is -2.12. The minimum absolute atomic E-state index is 0.627. The van der Waals surface area contributed by atoms with Crippen molar-refractivity contribution < 1.29 is 4.74 Å². The summed E-state index contributed by atoms with van der Waals surface area (Å²) >= 11 is 5.98. The molecule has 0 radical (unpaired) electrons. The molecule has 0 bridgehead atoms. The Morgan fingerprint density at radius 1 is 1.14 bits per heavy atom. The molecule has 0 spiro atoms. The van der Waals surface area contributed by atoms with E-state index in [1.54, 1.807) is 7.11 Å². The number of hydrogen-bond acceptors (Lipinski definition) is 5. The van der Waals surface area contributed by atoms with Crippen LogP contribution < -0.4 is 10.6 Å². The highest BCUT2D eigenvalue weighted by molar-refractivity contribution is 6.30. The number of anilines is 2. The van der Waals surface area contributed by atoms with Crippen molar-refractivity contribution in [3.05, 3.63) is 46.6 Å². The molecule has 0 saturated heterocycles. The van der Waals surface area contributed by atoms with Crippen molar-refractivity contribution in [2.45, 2.75) is 13.3 Å². The predicted octanol–water partition coefficient (Wildman–Crippen LogP) is 3.15. The first kappa shape index (κ1) is 16.5. The van der Waals surface area contributed by atoms with Crippen LogP contribution in [0.1, 0.15) is 11.3 Å². The number of nitrogens with one attached hydrogen (secondary N) is 2. The van der Waals surface area contributed by atoms with Crippen LogP contribution in [-0.4, -0.2) is 36.8 Å². The van der Waals surface area contributed by atoms with Crippen LogP contribution in [0, 0.1) is 6.92 Å². The van der Waals surface area contributed by atoms with Crippen molar-refractivity contribution in [3.8, 4) is 0 Å². The Bertz CT molecular complexity index is 606. The minimum Gasteiger partial charge on any atom is -0.383 e. The molecular weight excluding hydrogens is 300 g/mol. The number of rotatable bonds is 8. The average molecular weight is 321 g/mol. The first-order valence-electron chi connectivity index (χ1n) is 7.24. The molecule has 0 aliphatic heterocycles. The smallest absolute Gasteiger partial charge is 0.224 e. The number of ether oxygens (including phenoxy) is 1. The number of methoxy groups -OCH3 is 1. The van der Waals surface area contributed by atoms with Gasteiger partial charge in [-0.25, -0.2) is 4.98 Å². The minimum atomic E-state index is 0.627. The lowest BCUT2D eigenvalue weighted by atomic mass is 10.1. The number of hydrogen-bond donors (Lipinski definition) is 2. The summed E-state index contributed by atoms with van der Waals surface area (Å²) < 4.78 is 5.02. The van der Waals surface area contributed by atoms with Crippen LogP contribution in [-0.2, 0) is 11.2 Å². The maximum absolute atomic E-state index is 5.98. The van der Waals surface area contributed by atoms with Crippen LogP contribution in [0.3, 0.4) is 0 Å². The Labute approximate surface area is 136 Å². The van der Waals surface area contributed by atoms with E-state index in [-0.39, 0.29) is 0 Å². The van der Waals surface area contributed by atoms with E-state index in [1.807, 2.05) is 31.2 Å². The largest absolute Gasteiger partial charge is 0.383 e. The third-order valence-corrected chi connectivity index (χ3v) is 3.29. The van der Waals surface area contributed by atoms with Crippen molar-refractivity contribution in [1.29, 1.82) is 0 Å². The molecule has 2 rings (SSSR count). The van der Waals surface area contributed by atoms with E-state index >= 15 is 0 Å². The summed E-state index contributed by atoms with van der Waals surface area (Å²) in [6.45, 7) is 4.06. The Balaban J connectivity index is 1.89. The van der Waals surface area contributed by atoms with Crippen molar-refractivity contribution >= 4 is 23.4 Å². The van der Waals surface area contributed by atoms with E-state index in [0.717, 1.165) is 36.0 Å². The van der Waals surface area contributed by atoms with Crippen molar-refractivity contribution in [3.63, 3.8) is 0 Å². The molecule has 0 fully saturated rings. The van der Waals surface area contributed by atoms with Crippen LogP contribution in [0.2, 0.25) is 5.02 Å². The van der Waals surface area contributed by atoms with E-state index in [9.17, 15) is 0 Å². The quantitative estimate of drug-likeness (QED) is 0.732. The number of nitrogens with zero attached hydrogens (tertiary/aromatic N) is 2. The van der Waals surface area contributed by atoms with Gasteiger partial charge in [0.15, 0.2) is 0 Å². The number of halogens is 1. The van der Waals surface area contributed by atoms with Crippen LogP contribution in [0.15, 0.2) is 30.3 Å². The fourth-order valence-electron chi connectivity index (χ4n) is 2.03. The first-order chi connectivity index (χ1) is 10.7. The highest BCUT2D eigenvalue weighted by Crippen LogP contribution is 2.12. The van der Waals surface area contributed by atoms with Crippen LogP contribution in [0.4, 0.5) is 11.8 Å². The van der Waals surface area contributed by atoms with Gasteiger partial charge in [-0.1, -0.05) is 23.7 Å². The van der Waals surface area contributed by atoms with Gasteiger partial charge in [0, 0.05) is 37.0 Å². The summed E-state index contributed by atoms with van der Waals surface area (Å²) in [7, 11) is 1.68. The van der Waals surface area contributed by atoms with E-state index in [0.29, 0.717) is 12.6 Å². The fourth-order valence-corrected chi connectivity index (χ4v) is 2.24. The molecule has 0 saturated carbocycles. The second kappa shape index (κ2) is 8.56. The van der Waals surface area contributed by atoms with Gasteiger partial charge in [-0.15, -0.1) is 0 Å². The summed E-state index contributed by atoms with van der Waals surface area (Å²) in [5, 5.41) is 7.21. The van der Waals surface area contributed by atoms with E-state index in [2.05, 4.69) is 26.7 Å². The molecule has 0 unspecified atom stereocenters. The Morgan fingerprint density at radius 2 is 2.00 bits per heavy atom. The highest BCUT2D eigenvalue weighted by Gasteiger charge is 2.02. The maximum atomic E-state index is 5.98. The Kier molecular flexibility index (Phi) is 6.43. The highest BCUT2D eigenvalue weighted by atomic mass is 35.5. The van der Waals surface area contributed by atoms with Crippen molar-refractivity contribution in [1.82, 2.24) is 9.97 Å². The monoisotopic (exact) mass is 320 g/mol. The van der Waals surface area contributed by atoms with E-state index in [4.69, 9.17) is 16.3 Å². The zero-order valence-electron chi connectivity index (χ0n) is 12.9. The molecular formula is C16H21ClN4O. The first-order valence-corrected chi connectivity index (χ1v) is 7.62. The number of aryl methyl sites for hydroxylation is 1. The molecule has 1 aromatic heterocycles. The lowest BCUT2D eigenvalue weighted by molar-refractivity contribution is 0.210. The van der Waals surface area contributed by atoms with Crippen molar-refractivity contribution in [2.75, 3.05) is 37.4 Å². The summed E-state index contributed by atoms with van der Waals surface area (Å²) in [4.78, 5) is 8.83. The predicted molar refractivity (Wildman–Crippen MR) is 90.8 cm³/mol. The average Bonchev–Trinajstić information content (AvgIpc) is 2.47. The second-order valence-corrected chi connectivity index (χ2v) is 5.38. The van der Waals surface area contributed by atoms with Crippen LogP contribution in [0.5, 0.6) is 0 Å². The van der Waals surface area contributed by atoms with E-state index < -0.39 is 0 Å². The SMILES string of the molecule is COCCNc1cc(C)nc(NCCc2cccc(Cl)c2)n1. The topological polar surface area (TPSA) is 59.1 Å². The van der Waals surface area contributed by atoms with Gasteiger partial charge in [-0.3, -0.25) is 0 Å². The van der Waals surface area contributed by atoms with Crippen LogP contribution >= 0.6 is 11.6 Å². The second-order valence-electron chi connectivity index (χ2n) is 4.94. The molecule has 22 heavy (non-hydrogen) atoms. The molecule has 2 aromatic rings. The molecule has 2 N–H and O–H groups in total. The van der Waals surface area contributed by atoms with Crippen LogP contribution in [0.25, 0.3) is 0 Å². The number of aromatic nitrogens is 2. The molecule has 0 amide bonds. The van der Waals surface area contributed by atoms with E-state index in [1.165, 1.54) is 5.56 Å². The molecule has 6 heteroatoms. The van der Waals surface area contributed by atoms with Gasteiger partial charge >= 0.3 is 0 Å². The number of benzene rings is 1. The summed E-state index contributed by atoms with van der Waals surface area (Å²) in [6.07, 6.45) is 0.865. The third-order valence-electron chi connectivity index (χ3n) is 3.05. The van der Waals surface area contributed by atoms with Crippen molar-refractivity contribution in [2.24, 2.45) is 0 Å². The summed E-state index contributed by atoms with van der Waals surface area (Å²) in [5.41, 5.74) is 2.10. The lowest BCUT2D eigenvalue weighted by Gasteiger charge is -2.10. The van der Waals surface area contributed by atoms with Gasteiger partial charge in [0.05, 0.1) is 6.61 Å². The standard InChI is InChI=1S/C16H21ClN4O/c1-12-10-15(18-8-9-22-2)21-16(20-12)19-7-6-13-4-3-5-14(17)11-13/h3-5,10-11H,6-9H2,1-2H3,(H2,18,19,20,21). The molecule has 5 nitrogen and oxygen atoms in total. The van der Waals surface area contributed by atoms with Gasteiger partial charge in [0.25, 0.3) is 0 Å². The Morgan fingerprint density at radius 3 is 2.77 bits per heavy atom. The molecule has 118 valence electrons. The molecule has 1 heterocycles. The van der Waals surface area contributed by atoms with Gasteiger partial charge in [-0.05, 0) is 31.0 Å². The molecule has 0 atom stereocenters. The van der Waals surface area contributed by atoms with Gasteiger partial charge < -0.3 is 15.4 Å². The van der Waals surface area contributed by atoms with Gasteiger partial charge in [0.2, 0.25) is 5.95 Å². The molecule has 0 aliphatic rings.